The molecule has 0 fully saturated rings. The summed E-state index contributed by atoms with van der Waals surface area (Å²) in [6.45, 7) is 0. The molecule has 102 valence electrons. The zero-order chi connectivity index (χ0) is 14.0. The van der Waals surface area contributed by atoms with Crippen molar-refractivity contribution in [3.05, 3.63) is 47.4 Å². The largest absolute Gasteiger partial charge is 0.497 e. The lowest BCUT2D eigenvalue weighted by atomic mass is 10.1. The minimum atomic E-state index is 0.146. The van der Waals surface area contributed by atoms with Gasteiger partial charge in [-0.25, -0.2) is 0 Å². The lowest BCUT2D eigenvalue weighted by molar-refractivity contribution is 0.414. The van der Waals surface area contributed by atoms with E-state index >= 15 is 0 Å². The molecule has 0 bridgehead atoms. The summed E-state index contributed by atoms with van der Waals surface area (Å²) in [4.78, 5) is 1.24. The van der Waals surface area contributed by atoms with Crippen LogP contribution in [0.5, 0.6) is 5.75 Å². The topological polar surface area (TPSA) is 21.3 Å². The van der Waals surface area contributed by atoms with Crippen molar-refractivity contribution in [3.63, 3.8) is 0 Å². The van der Waals surface area contributed by atoms with Gasteiger partial charge in [-0.1, -0.05) is 22.0 Å². The predicted octanol–water partition coefficient (Wildman–Crippen LogP) is 5.35. The van der Waals surface area contributed by atoms with E-state index in [4.69, 9.17) is 4.74 Å². The van der Waals surface area contributed by atoms with Gasteiger partial charge < -0.3 is 10.1 Å². The summed E-state index contributed by atoms with van der Waals surface area (Å²) >= 11 is 12.4. The van der Waals surface area contributed by atoms with Crippen molar-refractivity contribution in [2.75, 3.05) is 14.2 Å². The molecule has 2 aromatic rings. The molecule has 6 heteroatoms. The highest BCUT2D eigenvalue weighted by atomic mass is 79.9. The first kappa shape index (κ1) is 15.5. The van der Waals surface area contributed by atoms with Crippen LogP contribution in [0.25, 0.3) is 0 Å². The number of hydrogen-bond donors (Lipinski definition) is 1. The Kier molecular flexibility index (Phi) is 5.48. The molecule has 0 amide bonds. The van der Waals surface area contributed by atoms with Gasteiger partial charge in [0.05, 0.1) is 16.9 Å². The Hall–Kier alpha value is 0.120. The summed E-state index contributed by atoms with van der Waals surface area (Å²) in [5, 5.41) is 3.35. The second-order valence-corrected chi connectivity index (χ2v) is 7.99. The summed E-state index contributed by atoms with van der Waals surface area (Å²) in [6, 6.07) is 8.31. The number of halogens is 3. The number of rotatable bonds is 4. The maximum Gasteiger partial charge on any atom is 0.120 e. The molecule has 1 heterocycles. The quantitative estimate of drug-likeness (QED) is 0.651. The Morgan fingerprint density at radius 3 is 2.37 bits per heavy atom. The number of ether oxygens (including phenoxy) is 1. The Labute approximate surface area is 141 Å². The minimum absolute atomic E-state index is 0.146. The number of benzene rings is 1. The fourth-order valence-electron chi connectivity index (χ4n) is 1.83. The maximum absolute atomic E-state index is 5.23. The molecule has 1 unspecified atom stereocenters. The van der Waals surface area contributed by atoms with Crippen LogP contribution in [-0.4, -0.2) is 14.2 Å². The van der Waals surface area contributed by atoms with E-state index in [1.807, 2.05) is 19.2 Å². The average molecular weight is 470 g/mol. The molecule has 0 aliphatic heterocycles. The Morgan fingerprint density at radius 1 is 1.16 bits per heavy atom. The van der Waals surface area contributed by atoms with E-state index in [1.165, 1.54) is 10.4 Å². The van der Waals surface area contributed by atoms with Gasteiger partial charge in [-0.2, -0.15) is 0 Å². The van der Waals surface area contributed by atoms with E-state index in [1.54, 1.807) is 18.4 Å². The van der Waals surface area contributed by atoms with Crippen molar-refractivity contribution >= 4 is 59.1 Å². The molecule has 1 aromatic heterocycles. The van der Waals surface area contributed by atoms with Crippen LogP contribution >= 0.6 is 59.1 Å². The van der Waals surface area contributed by atoms with E-state index in [0.29, 0.717) is 0 Å². The van der Waals surface area contributed by atoms with Crippen molar-refractivity contribution in [2.24, 2.45) is 0 Å². The molecule has 0 aliphatic rings. The highest BCUT2D eigenvalue weighted by Crippen LogP contribution is 2.39. The summed E-state index contributed by atoms with van der Waals surface area (Å²) < 4.78 is 8.45. The van der Waals surface area contributed by atoms with E-state index in [0.717, 1.165) is 18.5 Å². The van der Waals surface area contributed by atoms with Crippen LogP contribution in [0.3, 0.4) is 0 Å². The molecule has 1 N–H and O–H groups in total. The lowest BCUT2D eigenvalue weighted by Crippen LogP contribution is -2.16. The highest BCUT2D eigenvalue weighted by molar-refractivity contribution is 9.13. The van der Waals surface area contributed by atoms with Gasteiger partial charge in [0.15, 0.2) is 0 Å². The fraction of sp³-hybridized carbons (Fsp3) is 0.231. The van der Waals surface area contributed by atoms with Crippen LogP contribution in [0.4, 0.5) is 0 Å². The van der Waals surface area contributed by atoms with Gasteiger partial charge in [0.1, 0.15) is 5.75 Å². The van der Waals surface area contributed by atoms with Crippen LogP contribution in [0, 0.1) is 0 Å². The molecular formula is C13H12Br3NOS. The van der Waals surface area contributed by atoms with Gasteiger partial charge in [0, 0.05) is 13.8 Å². The smallest absolute Gasteiger partial charge is 0.120 e. The summed E-state index contributed by atoms with van der Waals surface area (Å²) in [5.41, 5.74) is 1.18. The van der Waals surface area contributed by atoms with Crippen molar-refractivity contribution in [2.45, 2.75) is 6.04 Å². The Morgan fingerprint density at radius 2 is 1.89 bits per heavy atom. The summed E-state index contributed by atoms with van der Waals surface area (Å²) in [6.07, 6.45) is 0. The predicted molar refractivity (Wildman–Crippen MR) is 91.3 cm³/mol. The minimum Gasteiger partial charge on any atom is -0.497 e. The molecule has 0 aliphatic carbocycles. The second kappa shape index (κ2) is 6.72. The molecular weight excluding hydrogens is 458 g/mol. The van der Waals surface area contributed by atoms with E-state index in [2.05, 4.69) is 65.2 Å². The average Bonchev–Trinajstić information content (AvgIpc) is 2.72. The molecule has 19 heavy (non-hydrogen) atoms. The van der Waals surface area contributed by atoms with Gasteiger partial charge in [0.2, 0.25) is 0 Å². The molecule has 1 atom stereocenters. The fourth-order valence-corrected chi connectivity index (χ4v) is 4.63. The van der Waals surface area contributed by atoms with Crippen LogP contribution in [0.1, 0.15) is 16.5 Å². The van der Waals surface area contributed by atoms with Crippen LogP contribution < -0.4 is 10.1 Å². The van der Waals surface area contributed by atoms with Crippen LogP contribution in [0.15, 0.2) is 37.0 Å². The molecule has 2 rings (SSSR count). The summed E-state index contributed by atoms with van der Waals surface area (Å²) in [7, 11) is 3.63. The third kappa shape index (κ3) is 3.42. The third-order valence-electron chi connectivity index (χ3n) is 2.76. The van der Waals surface area contributed by atoms with Crippen molar-refractivity contribution in [1.82, 2.24) is 5.32 Å². The molecule has 1 aromatic carbocycles. The van der Waals surface area contributed by atoms with Gasteiger partial charge in [-0.05, 0) is 62.7 Å². The summed E-state index contributed by atoms with van der Waals surface area (Å²) in [5.74, 6) is 0.846. The first-order valence-corrected chi connectivity index (χ1v) is 8.71. The van der Waals surface area contributed by atoms with Gasteiger partial charge in [-0.3, -0.25) is 0 Å². The molecule has 0 saturated carbocycles. The second-order valence-electron chi connectivity index (χ2n) is 3.88. The molecule has 0 radical (unpaired) electrons. The number of methoxy groups -OCH3 is 1. The van der Waals surface area contributed by atoms with Crippen molar-refractivity contribution in [1.29, 1.82) is 0 Å². The van der Waals surface area contributed by atoms with Crippen LogP contribution in [-0.2, 0) is 0 Å². The van der Waals surface area contributed by atoms with Gasteiger partial charge in [0.25, 0.3) is 0 Å². The van der Waals surface area contributed by atoms with Crippen molar-refractivity contribution < 1.29 is 4.74 Å². The van der Waals surface area contributed by atoms with Gasteiger partial charge >= 0.3 is 0 Å². The molecule has 0 spiro atoms. The SMILES string of the molecule is CNC(c1cc(Br)c(Br)s1)c1ccc(OC)cc1Br. The maximum atomic E-state index is 5.23. The number of hydrogen-bond acceptors (Lipinski definition) is 3. The van der Waals surface area contributed by atoms with Gasteiger partial charge in [-0.15, -0.1) is 11.3 Å². The first-order valence-electron chi connectivity index (χ1n) is 5.52. The van der Waals surface area contributed by atoms with E-state index in [9.17, 15) is 0 Å². The first-order chi connectivity index (χ1) is 9.06. The Bertz CT molecular complexity index is 566. The van der Waals surface area contributed by atoms with E-state index in [-0.39, 0.29) is 6.04 Å². The third-order valence-corrected chi connectivity index (χ3v) is 6.76. The monoisotopic (exact) mass is 467 g/mol. The molecule has 0 saturated heterocycles. The highest BCUT2D eigenvalue weighted by Gasteiger charge is 2.18. The zero-order valence-electron chi connectivity index (χ0n) is 10.3. The number of nitrogens with one attached hydrogen (secondary N) is 1. The zero-order valence-corrected chi connectivity index (χ0v) is 15.9. The van der Waals surface area contributed by atoms with Crippen molar-refractivity contribution in [3.8, 4) is 5.75 Å². The normalized spacial score (nSPS) is 12.5. The standard InChI is InChI=1S/C13H12Br3NOS/c1-17-12(11-6-10(15)13(16)19-11)8-4-3-7(18-2)5-9(8)14/h3-6,12,17H,1-2H3. The van der Waals surface area contributed by atoms with E-state index < -0.39 is 0 Å². The molecule has 2 nitrogen and oxygen atoms in total. The van der Waals surface area contributed by atoms with Crippen LogP contribution in [0.2, 0.25) is 0 Å². The Balaban J connectivity index is 2.42. The number of thiophene rings is 1. The lowest BCUT2D eigenvalue weighted by Gasteiger charge is -2.17.